The summed E-state index contributed by atoms with van der Waals surface area (Å²) in [5, 5.41) is 9.14. The molecule has 2 aromatic carbocycles. The van der Waals surface area contributed by atoms with Crippen molar-refractivity contribution in [2.24, 2.45) is 11.1 Å². The number of rotatable bonds is 5. The van der Waals surface area contributed by atoms with E-state index in [-0.39, 0.29) is 24.0 Å². The van der Waals surface area contributed by atoms with Crippen LogP contribution in [0, 0.1) is 5.41 Å². The van der Waals surface area contributed by atoms with Crippen molar-refractivity contribution in [3.05, 3.63) is 66.2 Å². The van der Waals surface area contributed by atoms with Crippen molar-refractivity contribution in [2.45, 2.75) is 16.1 Å². The average molecular weight is 317 g/mol. The predicted molar refractivity (Wildman–Crippen MR) is 85.2 cm³/mol. The van der Waals surface area contributed by atoms with Crippen LogP contribution in [0.25, 0.3) is 0 Å². The van der Waals surface area contributed by atoms with Crippen molar-refractivity contribution in [1.82, 2.24) is 0 Å². The molecule has 5 heteroatoms. The van der Waals surface area contributed by atoms with Gasteiger partial charge in [-0.15, -0.1) is 0 Å². The van der Waals surface area contributed by atoms with Crippen LogP contribution in [0.15, 0.2) is 65.6 Å². The molecular formula is C17H19NO3S. The molecule has 22 heavy (non-hydrogen) atoms. The molecule has 2 aromatic rings. The van der Waals surface area contributed by atoms with Gasteiger partial charge in [0.1, 0.15) is 0 Å². The summed E-state index contributed by atoms with van der Waals surface area (Å²) in [5.41, 5.74) is 5.96. The summed E-state index contributed by atoms with van der Waals surface area (Å²) in [5.74, 6) is -0.270. The largest absolute Gasteiger partial charge is 0.396 e. The maximum absolute atomic E-state index is 12.9. The highest BCUT2D eigenvalue weighted by atomic mass is 32.2. The maximum atomic E-state index is 12.9. The van der Waals surface area contributed by atoms with Crippen molar-refractivity contribution in [2.75, 3.05) is 13.2 Å². The molecule has 0 aliphatic heterocycles. The van der Waals surface area contributed by atoms with E-state index >= 15 is 0 Å². The fourth-order valence-electron chi connectivity index (χ4n) is 3.36. The first-order valence-electron chi connectivity index (χ1n) is 7.23. The Morgan fingerprint density at radius 1 is 1.00 bits per heavy atom. The van der Waals surface area contributed by atoms with Crippen LogP contribution in [-0.4, -0.2) is 31.9 Å². The Morgan fingerprint density at radius 2 is 1.55 bits per heavy atom. The van der Waals surface area contributed by atoms with Crippen LogP contribution in [0.4, 0.5) is 0 Å². The molecule has 3 atom stereocenters. The molecule has 0 unspecified atom stereocenters. The zero-order chi connectivity index (χ0) is 15.8. The Balaban J connectivity index is 2.06. The van der Waals surface area contributed by atoms with Gasteiger partial charge in [0.2, 0.25) is 0 Å². The molecule has 1 saturated carbocycles. The molecule has 0 bridgehead atoms. The van der Waals surface area contributed by atoms with Gasteiger partial charge in [0.25, 0.3) is 0 Å². The molecule has 0 saturated heterocycles. The second-order valence-electron chi connectivity index (χ2n) is 5.76. The Morgan fingerprint density at radius 3 is 2.05 bits per heavy atom. The highest BCUT2D eigenvalue weighted by Gasteiger charge is 2.69. The smallest absolute Gasteiger partial charge is 0.182 e. The van der Waals surface area contributed by atoms with Crippen LogP contribution in [0.3, 0.4) is 0 Å². The Labute approximate surface area is 130 Å². The molecule has 0 spiro atoms. The summed E-state index contributed by atoms with van der Waals surface area (Å²) >= 11 is 0. The van der Waals surface area contributed by atoms with Gasteiger partial charge in [0, 0.05) is 17.9 Å². The molecule has 1 aliphatic rings. The minimum absolute atomic E-state index is 0.139. The zero-order valence-corrected chi connectivity index (χ0v) is 12.9. The summed E-state index contributed by atoms with van der Waals surface area (Å²) in [4.78, 5) is 0.282. The van der Waals surface area contributed by atoms with Crippen LogP contribution in [0.2, 0.25) is 0 Å². The van der Waals surface area contributed by atoms with E-state index in [9.17, 15) is 13.5 Å². The lowest BCUT2D eigenvalue weighted by Gasteiger charge is -2.12. The molecule has 0 heterocycles. The first-order chi connectivity index (χ1) is 10.6. The monoisotopic (exact) mass is 317 g/mol. The van der Waals surface area contributed by atoms with E-state index in [4.69, 9.17) is 5.73 Å². The number of hydrogen-bond acceptors (Lipinski definition) is 4. The van der Waals surface area contributed by atoms with Gasteiger partial charge in [0.05, 0.1) is 16.8 Å². The SMILES string of the molecule is NC[C@]1(CO)[C@@H](c2ccccc2)[C@@H]1S(=O)(=O)c1ccccc1. The first kappa shape index (κ1) is 15.2. The number of hydrogen-bond donors (Lipinski definition) is 2. The van der Waals surface area contributed by atoms with Crippen molar-refractivity contribution >= 4 is 9.84 Å². The topological polar surface area (TPSA) is 80.4 Å². The van der Waals surface area contributed by atoms with Crippen molar-refractivity contribution < 1.29 is 13.5 Å². The molecule has 4 nitrogen and oxygen atoms in total. The molecule has 1 aliphatic carbocycles. The average Bonchev–Trinajstić information content (AvgIpc) is 3.27. The number of benzene rings is 2. The van der Waals surface area contributed by atoms with Gasteiger partial charge in [-0.3, -0.25) is 0 Å². The number of aliphatic hydroxyl groups excluding tert-OH is 1. The Kier molecular flexibility index (Phi) is 3.80. The third kappa shape index (κ3) is 2.17. The van der Waals surface area contributed by atoms with Gasteiger partial charge < -0.3 is 10.8 Å². The molecule has 3 rings (SSSR count). The van der Waals surface area contributed by atoms with Gasteiger partial charge in [-0.05, 0) is 17.7 Å². The summed E-state index contributed by atoms with van der Waals surface area (Å²) in [6, 6.07) is 17.8. The molecule has 0 radical (unpaired) electrons. The lowest BCUT2D eigenvalue weighted by Crippen LogP contribution is -2.27. The van der Waals surface area contributed by atoms with Crippen LogP contribution in [-0.2, 0) is 9.84 Å². The number of nitrogens with two attached hydrogens (primary N) is 1. The highest BCUT2D eigenvalue weighted by molar-refractivity contribution is 7.92. The Bertz CT molecular complexity index is 740. The van der Waals surface area contributed by atoms with Gasteiger partial charge in [-0.25, -0.2) is 8.42 Å². The van der Waals surface area contributed by atoms with Crippen molar-refractivity contribution in [1.29, 1.82) is 0 Å². The van der Waals surface area contributed by atoms with Crippen LogP contribution < -0.4 is 5.73 Å². The molecule has 1 fully saturated rings. The number of aliphatic hydroxyl groups is 1. The second-order valence-corrected chi connectivity index (χ2v) is 7.83. The molecule has 0 aromatic heterocycles. The van der Waals surface area contributed by atoms with E-state index in [1.54, 1.807) is 30.3 Å². The first-order valence-corrected chi connectivity index (χ1v) is 8.77. The zero-order valence-electron chi connectivity index (χ0n) is 12.1. The fraction of sp³-hybridized carbons (Fsp3) is 0.294. The van der Waals surface area contributed by atoms with E-state index in [1.807, 2.05) is 30.3 Å². The lowest BCUT2D eigenvalue weighted by atomic mass is 10.0. The quantitative estimate of drug-likeness (QED) is 0.877. The van der Waals surface area contributed by atoms with Crippen LogP contribution in [0.1, 0.15) is 11.5 Å². The summed E-state index contributed by atoms with van der Waals surface area (Å²) < 4.78 is 25.9. The predicted octanol–water partition coefficient (Wildman–Crippen LogP) is 1.56. The minimum Gasteiger partial charge on any atom is -0.396 e. The minimum atomic E-state index is -3.53. The normalized spacial score (nSPS) is 27.5. The standard InChI is InChI=1S/C17H19NO3S/c18-11-17(12-19)15(13-7-3-1-4-8-13)16(17)22(20,21)14-9-5-2-6-10-14/h1-10,15-16,19H,11-12,18H2/t15-,16-,17-/m0/s1. The van der Waals surface area contributed by atoms with Crippen molar-refractivity contribution in [3.63, 3.8) is 0 Å². The third-order valence-electron chi connectivity index (χ3n) is 4.62. The second kappa shape index (κ2) is 5.50. The molecule has 0 amide bonds. The molecule has 3 N–H and O–H groups in total. The van der Waals surface area contributed by atoms with E-state index in [0.29, 0.717) is 0 Å². The maximum Gasteiger partial charge on any atom is 0.182 e. The van der Waals surface area contributed by atoms with E-state index in [0.717, 1.165) is 5.56 Å². The van der Waals surface area contributed by atoms with E-state index in [2.05, 4.69) is 0 Å². The molecule has 116 valence electrons. The van der Waals surface area contributed by atoms with E-state index in [1.165, 1.54) is 0 Å². The van der Waals surface area contributed by atoms with Crippen molar-refractivity contribution in [3.8, 4) is 0 Å². The van der Waals surface area contributed by atoms with Crippen LogP contribution >= 0.6 is 0 Å². The van der Waals surface area contributed by atoms with Gasteiger partial charge in [-0.1, -0.05) is 48.5 Å². The summed E-state index contributed by atoms with van der Waals surface area (Å²) in [6.07, 6.45) is 0. The van der Waals surface area contributed by atoms with Crippen LogP contribution in [0.5, 0.6) is 0 Å². The summed E-state index contributed by atoms with van der Waals surface area (Å²) in [7, 11) is -3.53. The third-order valence-corrected chi connectivity index (χ3v) is 6.96. The Hall–Kier alpha value is -1.69. The molecular weight excluding hydrogens is 298 g/mol. The fourth-order valence-corrected chi connectivity index (χ4v) is 5.83. The van der Waals surface area contributed by atoms with Gasteiger partial charge in [0.15, 0.2) is 9.84 Å². The van der Waals surface area contributed by atoms with Gasteiger partial charge in [-0.2, -0.15) is 0 Å². The summed E-state index contributed by atoms with van der Waals surface area (Å²) in [6.45, 7) is -0.0976. The lowest BCUT2D eigenvalue weighted by molar-refractivity contribution is 0.212. The number of sulfone groups is 1. The van der Waals surface area contributed by atoms with E-state index < -0.39 is 20.5 Å². The highest BCUT2D eigenvalue weighted by Crippen LogP contribution is 2.63. The van der Waals surface area contributed by atoms with Gasteiger partial charge >= 0.3 is 0 Å².